The molecule has 1 aromatic heterocycles. The molecule has 1 fully saturated rings. The molecule has 1 N–H and O–H groups in total. The SMILES string of the molecule is CC1(CNC(=O)c2cnc(Cl)cn2)COC1. The molecule has 86 valence electrons. The van der Waals surface area contributed by atoms with E-state index in [9.17, 15) is 4.79 Å². The van der Waals surface area contributed by atoms with E-state index in [2.05, 4.69) is 22.2 Å². The summed E-state index contributed by atoms with van der Waals surface area (Å²) in [6.07, 6.45) is 2.71. The van der Waals surface area contributed by atoms with Crippen LogP contribution in [-0.4, -0.2) is 35.6 Å². The van der Waals surface area contributed by atoms with Gasteiger partial charge in [-0.15, -0.1) is 0 Å². The molecule has 0 aliphatic carbocycles. The first-order valence-corrected chi connectivity index (χ1v) is 5.30. The second kappa shape index (κ2) is 4.35. The number of hydrogen-bond donors (Lipinski definition) is 1. The third kappa shape index (κ3) is 2.48. The number of aromatic nitrogens is 2. The van der Waals surface area contributed by atoms with Gasteiger partial charge in [0.15, 0.2) is 0 Å². The molecule has 1 amide bonds. The van der Waals surface area contributed by atoms with E-state index in [1.54, 1.807) is 0 Å². The van der Waals surface area contributed by atoms with Crippen LogP contribution in [0.5, 0.6) is 0 Å². The number of ether oxygens (including phenoxy) is 1. The molecule has 2 rings (SSSR count). The van der Waals surface area contributed by atoms with Crippen molar-refractivity contribution in [2.45, 2.75) is 6.92 Å². The van der Waals surface area contributed by atoms with Crippen molar-refractivity contribution in [2.75, 3.05) is 19.8 Å². The summed E-state index contributed by atoms with van der Waals surface area (Å²) < 4.78 is 5.09. The van der Waals surface area contributed by atoms with Crippen LogP contribution in [0.25, 0.3) is 0 Å². The summed E-state index contributed by atoms with van der Waals surface area (Å²) in [6.45, 7) is 4.00. The molecule has 2 heterocycles. The van der Waals surface area contributed by atoms with Crippen LogP contribution in [0.4, 0.5) is 0 Å². The smallest absolute Gasteiger partial charge is 0.271 e. The van der Waals surface area contributed by atoms with Crippen LogP contribution >= 0.6 is 11.6 Å². The van der Waals surface area contributed by atoms with Crippen molar-refractivity contribution in [3.05, 3.63) is 23.2 Å². The van der Waals surface area contributed by atoms with Gasteiger partial charge >= 0.3 is 0 Å². The van der Waals surface area contributed by atoms with Crippen molar-refractivity contribution >= 4 is 17.5 Å². The third-order valence-corrected chi connectivity index (χ3v) is 2.62. The summed E-state index contributed by atoms with van der Waals surface area (Å²) in [6, 6.07) is 0. The highest BCUT2D eigenvalue weighted by Crippen LogP contribution is 2.25. The number of carbonyl (C=O) groups excluding carboxylic acids is 1. The molecule has 0 atom stereocenters. The molecule has 5 nitrogen and oxygen atoms in total. The van der Waals surface area contributed by atoms with Crippen LogP contribution in [0, 0.1) is 5.41 Å². The Morgan fingerprint density at radius 1 is 1.56 bits per heavy atom. The van der Waals surface area contributed by atoms with Crippen LogP contribution in [0.1, 0.15) is 17.4 Å². The van der Waals surface area contributed by atoms with Crippen molar-refractivity contribution in [2.24, 2.45) is 5.41 Å². The Hall–Kier alpha value is -1.20. The summed E-state index contributed by atoms with van der Waals surface area (Å²) >= 11 is 5.58. The van der Waals surface area contributed by atoms with Gasteiger partial charge in [-0.3, -0.25) is 4.79 Å². The average Bonchev–Trinajstić information content (AvgIpc) is 2.24. The van der Waals surface area contributed by atoms with E-state index in [1.807, 2.05) is 0 Å². The highest BCUT2D eigenvalue weighted by atomic mass is 35.5. The molecular weight excluding hydrogens is 230 g/mol. The molecule has 1 aliphatic heterocycles. The summed E-state index contributed by atoms with van der Waals surface area (Å²) in [5.74, 6) is -0.239. The first-order chi connectivity index (χ1) is 7.59. The molecule has 1 aromatic rings. The minimum absolute atomic E-state index is 0.0511. The maximum Gasteiger partial charge on any atom is 0.271 e. The van der Waals surface area contributed by atoms with Gasteiger partial charge in [-0.05, 0) is 0 Å². The van der Waals surface area contributed by atoms with Crippen LogP contribution in [0.2, 0.25) is 5.15 Å². The molecule has 1 aliphatic rings. The lowest BCUT2D eigenvalue weighted by atomic mass is 9.89. The Kier molecular flexibility index (Phi) is 3.07. The first-order valence-electron chi connectivity index (χ1n) is 4.93. The average molecular weight is 242 g/mol. The van der Waals surface area contributed by atoms with Gasteiger partial charge in [0.2, 0.25) is 0 Å². The number of nitrogens with one attached hydrogen (secondary N) is 1. The molecule has 0 aromatic carbocycles. The molecular formula is C10H12ClN3O2. The molecule has 6 heteroatoms. The van der Waals surface area contributed by atoms with E-state index >= 15 is 0 Å². The van der Waals surface area contributed by atoms with Crippen molar-refractivity contribution in [3.8, 4) is 0 Å². The standard InChI is InChI=1S/C10H12ClN3O2/c1-10(5-16-6-10)4-14-9(15)7-2-13-8(11)3-12-7/h2-3H,4-6H2,1H3,(H,14,15). The molecule has 0 bridgehead atoms. The largest absolute Gasteiger partial charge is 0.380 e. The van der Waals surface area contributed by atoms with Gasteiger partial charge in [0.25, 0.3) is 5.91 Å². The van der Waals surface area contributed by atoms with Crippen molar-refractivity contribution < 1.29 is 9.53 Å². The second-order valence-electron chi connectivity index (χ2n) is 4.21. The van der Waals surface area contributed by atoms with Crippen molar-refractivity contribution in [1.29, 1.82) is 0 Å². The molecule has 16 heavy (non-hydrogen) atoms. The zero-order chi connectivity index (χ0) is 11.6. The monoisotopic (exact) mass is 241 g/mol. The van der Waals surface area contributed by atoms with Crippen LogP contribution in [0.3, 0.4) is 0 Å². The number of amides is 1. The van der Waals surface area contributed by atoms with E-state index in [0.29, 0.717) is 19.8 Å². The van der Waals surface area contributed by atoms with Crippen molar-refractivity contribution in [1.82, 2.24) is 15.3 Å². The maximum atomic E-state index is 11.6. The molecule has 0 radical (unpaired) electrons. The number of nitrogens with zero attached hydrogens (tertiary/aromatic N) is 2. The maximum absolute atomic E-state index is 11.6. The Bertz CT molecular complexity index is 390. The fourth-order valence-electron chi connectivity index (χ4n) is 1.37. The molecule has 0 spiro atoms. The van der Waals surface area contributed by atoms with Gasteiger partial charge in [-0.25, -0.2) is 9.97 Å². The minimum Gasteiger partial charge on any atom is -0.380 e. The Morgan fingerprint density at radius 3 is 2.81 bits per heavy atom. The second-order valence-corrected chi connectivity index (χ2v) is 4.60. The lowest BCUT2D eigenvalue weighted by Crippen LogP contribution is -2.48. The van der Waals surface area contributed by atoms with E-state index < -0.39 is 0 Å². The van der Waals surface area contributed by atoms with Gasteiger partial charge < -0.3 is 10.1 Å². The predicted molar refractivity (Wildman–Crippen MR) is 58.3 cm³/mol. The van der Waals surface area contributed by atoms with E-state index in [1.165, 1.54) is 12.4 Å². The normalized spacial score (nSPS) is 17.6. The van der Waals surface area contributed by atoms with E-state index in [4.69, 9.17) is 16.3 Å². The summed E-state index contributed by atoms with van der Waals surface area (Å²) in [5.41, 5.74) is 0.323. The zero-order valence-corrected chi connectivity index (χ0v) is 9.62. The first kappa shape index (κ1) is 11.3. The van der Waals surface area contributed by atoms with Crippen LogP contribution < -0.4 is 5.32 Å². The highest BCUT2D eigenvalue weighted by Gasteiger charge is 2.33. The van der Waals surface area contributed by atoms with Crippen molar-refractivity contribution in [3.63, 3.8) is 0 Å². The predicted octanol–water partition coefficient (Wildman–Crippen LogP) is 0.896. The van der Waals surface area contributed by atoms with Gasteiger partial charge in [0.1, 0.15) is 10.8 Å². The van der Waals surface area contributed by atoms with Gasteiger partial charge in [0, 0.05) is 12.0 Å². The minimum atomic E-state index is -0.239. The van der Waals surface area contributed by atoms with Gasteiger partial charge in [-0.2, -0.15) is 0 Å². The van der Waals surface area contributed by atoms with Gasteiger partial charge in [0.05, 0.1) is 25.6 Å². The van der Waals surface area contributed by atoms with Crippen LogP contribution in [0.15, 0.2) is 12.4 Å². The molecule has 0 saturated carbocycles. The number of carbonyl (C=O) groups is 1. The zero-order valence-electron chi connectivity index (χ0n) is 8.86. The molecule has 0 unspecified atom stereocenters. The number of rotatable bonds is 3. The Labute approximate surface area is 98.2 Å². The van der Waals surface area contributed by atoms with E-state index in [-0.39, 0.29) is 22.2 Å². The fourth-order valence-corrected chi connectivity index (χ4v) is 1.46. The number of halogens is 1. The van der Waals surface area contributed by atoms with E-state index in [0.717, 1.165) is 0 Å². The van der Waals surface area contributed by atoms with Gasteiger partial charge in [-0.1, -0.05) is 18.5 Å². The summed E-state index contributed by atoms with van der Waals surface area (Å²) in [7, 11) is 0. The highest BCUT2D eigenvalue weighted by molar-refractivity contribution is 6.29. The molecule has 1 saturated heterocycles. The quantitative estimate of drug-likeness (QED) is 0.854. The lowest BCUT2D eigenvalue weighted by Gasteiger charge is -2.37. The Balaban J connectivity index is 1.90. The fraction of sp³-hybridized carbons (Fsp3) is 0.500. The third-order valence-electron chi connectivity index (χ3n) is 2.43. The Morgan fingerprint density at radius 2 is 2.31 bits per heavy atom. The number of hydrogen-bond acceptors (Lipinski definition) is 4. The topological polar surface area (TPSA) is 64.1 Å². The summed E-state index contributed by atoms with van der Waals surface area (Å²) in [5, 5.41) is 3.07. The summed E-state index contributed by atoms with van der Waals surface area (Å²) in [4.78, 5) is 19.3. The lowest BCUT2D eigenvalue weighted by molar-refractivity contribution is -0.0978. The van der Waals surface area contributed by atoms with Crippen LogP contribution in [-0.2, 0) is 4.74 Å².